The number of rotatable bonds is 4. The Kier molecular flexibility index (Phi) is 4.33. The topological polar surface area (TPSA) is 64.5 Å². The molecular weight excluding hydrogens is 342 g/mol. The van der Waals surface area contributed by atoms with Crippen molar-refractivity contribution in [3.63, 3.8) is 0 Å². The molecule has 0 amide bonds. The van der Waals surface area contributed by atoms with Gasteiger partial charge in [-0.25, -0.2) is 19.9 Å². The van der Waals surface area contributed by atoms with Crippen LogP contribution in [0.1, 0.15) is 12.6 Å². The molecule has 26 heavy (non-hydrogen) atoms. The quantitative estimate of drug-likeness (QED) is 0.527. The summed E-state index contributed by atoms with van der Waals surface area (Å²) in [5, 5.41) is 0.897. The first-order valence-electron chi connectivity index (χ1n) is 8.04. The number of hydrogen-bond donors (Lipinski definition) is 0. The SMILES string of the molecule is C=C(C)c1nc(-c2cccnc2)sc1-c1cccc(-c2ncccn2)n1. The van der Waals surface area contributed by atoms with E-state index in [2.05, 4.69) is 21.5 Å². The first-order chi connectivity index (χ1) is 12.7. The lowest BCUT2D eigenvalue weighted by atomic mass is 10.1. The van der Waals surface area contributed by atoms with Gasteiger partial charge in [0.2, 0.25) is 0 Å². The minimum absolute atomic E-state index is 0.600. The lowest BCUT2D eigenvalue weighted by Gasteiger charge is -2.03. The molecule has 0 aliphatic heterocycles. The monoisotopic (exact) mass is 357 g/mol. The third kappa shape index (κ3) is 3.14. The number of hydrogen-bond acceptors (Lipinski definition) is 6. The molecule has 0 aliphatic rings. The molecule has 4 aromatic heterocycles. The first-order valence-corrected chi connectivity index (χ1v) is 8.86. The second-order valence-electron chi connectivity index (χ2n) is 5.70. The van der Waals surface area contributed by atoms with Crippen LogP contribution in [0.25, 0.3) is 38.2 Å². The summed E-state index contributed by atoms with van der Waals surface area (Å²) in [7, 11) is 0. The van der Waals surface area contributed by atoms with Gasteiger partial charge in [0.05, 0.1) is 16.3 Å². The Morgan fingerprint density at radius 3 is 2.46 bits per heavy atom. The Morgan fingerprint density at radius 1 is 0.923 bits per heavy atom. The summed E-state index contributed by atoms with van der Waals surface area (Å²) in [5.41, 5.74) is 4.29. The normalized spacial score (nSPS) is 10.7. The van der Waals surface area contributed by atoms with Crippen molar-refractivity contribution < 1.29 is 0 Å². The average molecular weight is 357 g/mol. The van der Waals surface area contributed by atoms with Crippen molar-refractivity contribution in [1.29, 1.82) is 0 Å². The Balaban J connectivity index is 1.83. The van der Waals surface area contributed by atoms with Gasteiger partial charge in [-0.2, -0.15) is 0 Å². The highest BCUT2D eigenvalue weighted by Gasteiger charge is 2.17. The molecule has 0 saturated carbocycles. The van der Waals surface area contributed by atoms with Gasteiger partial charge in [0, 0.05) is 30.4 Å². The maximum atomic E-state index is 4.77. The number of pyridine rings is 2. The maximum Gasteiger partial charge on any atom is 0.178 e. The van der Waals surface area contributed by atoms with E-state index in [4.69, 9.17) is 9.97 Å². The van der Waals surface area contributed by atoms with Crippen molar-refractivity contribution in [3.05, 3.63) is 73.5 Å². The summed E-state index contributed by atoms with van der Waals surface area (Å²) in [4.78, 5) is 23.2. The molecule has 0 radical (unpaired) electrons. The van der Waals surface area contributed by atoms with E-state index in [0.29, 0.717) is 5.82 Å². The van der Waals surface area contributed by atoms with Crippen LogP contribution in [0.3, 0.4) is 0 Å². The van der Waals surface area contributed by atoms with E-state index in [1.54, 1.807) is 36.0 Å². The highest BCUT2D eigenvalue weighted by Crippen LogP contribution is 2.37. The van der Waals surface area contributed by atoms with Gasteiger partial charge >= 0.3 is 0 Å². The Morgan fingerprint density at radius 2 is 1.73 bits per heavy atom. The standard InChI is InChI=1S/C20H15N5S/c1-13(2)17-18(26-20(25-17)14-6-4-9-21-12-14)15-7-3-8-16(24-15)19-22-10-5-11-23-19/h3-12H,1H2,2H3. The molecule has 0 bridgehead atoms. The lowest BCUT2D eigenvalue weighted by Crippen LogP contribution is -1.92. The molecule has 0 N–H and O–H groups in total. The smallest absolute Gasteiger partial charge is 0.178 e. The second-order valence-corrected chi connectivity index (χ2v) is 6.70. The maximum absolute atomic E-state index is 4.77. The van der Waals surface area contributed by atoms with Crippen LogP contribution < -0.4 is 0 Å². The molecule has 0 unspecified atom stereocenters. The number of thiazole rings is 1. The Hall–Kier alpha value is -3.25. The molecule has 4 heterocycles. The fraction of sp³-hybridized carbons (Fsp3) is 0.0500. The highest BCUT2D eigenvalue weighted by atomic mass is 32.1. The summed E-state index contributed by atoms with van der Waals surface area (Å²) in [6.07, 6.45) is 6.99. The van der Waals surface area contributed by atoms with Gasteiger partial charge in [-0.15, -0.1) is 11.3 Å². The number of nitrogens with zero attached hydrogens (tertiary/aromatic N) is 5. The van der Waals surface area contributed by atoms with Crippen LogP contribution in [0.15, 0.2) is 67.8 Å². The fourth-order valence-electron chi connectivity index (χ4n) is 2.51. The molecule has 4 aromatic rings. The second kappa shape index (κ2) is 6.93. The van der Waals surface area contributed by atoms with Gasteiger partial charge < -0.3 is 0 Å². The Labute approximate surface area is 155 Å². The van der Waals surface area contributed by atoms with Crippen molar-refractivity contribution in [1.82, 2.24) is 24.9 Å². The van der Waals surface area contributed by atoms with Gasteiger partial charge in [0.25, 0.3) is 0 Å². The average Bonchev–Trinajstić information content (AvgIpc) is 3.15. The summed E-state index contributed by atoms with van der Waals surface area (Å²) >= 11 is 1.58. The summed E-state index contributed by atoms with van der Waals surface area (Å²) in [6.45, 7) is 6.03. The van der Waals surface area contributed by atoms with Crippen LogP contribution in [-0.2, 0) is 0 Å². The van der Waals surface area contributed by atoms with Crippen molar-refractivity contribution in [2.75, 3.05) is 0 Å². The zero-order valence-corrected chi connectivity index (χ0v) is 14.9. The molecule has 0 fully saturated rings. The van der Waals surface area contributed by atoms with Gasteiger partial charge in [-0.1, -0.05) is 12.6 Å². The molecule has 0 aromatic carbocycles. The Bertz CT molecular complexity index is 1060. The van der Waals surface area contributed by atoms with E-state index in [9.17, 15) is 0 Å². The zero-order valence-electron chi connectivity index (χ0n) is 14.1. The van der Waals surface area contributed by atoms with Crippen molar-refractivity contribution >= 4 is 16.9 Å². The third-order valence-electron chi connectivity index (χ3n) is 3.72. The van der Waals surface area contributed by atoms with Crippen LogP contribution >= 0.6 is 11.3 Å². The first kappa shape index (κ1) is 16.2. The number of allylic oxidation sites excluding steroid dienone is 1. The van der Waals surface area contributed by atoms with E-state index in [0.717, 1.165) is 38.1 Å². The van der Waals surface area contributed by atoms with E-state index in [1.807, 2.05) is 43.5 Å². The van der Waals surface area contributed by atoms with E-state index in [-0.39, 0.29) is 0 Å². The molecule has 5 nitrogen and oxygen atoms in total. The molecule has 0 atom stereocenters. The third-order valence-corrected chi connectivity index (χ3v) is 4.84. The molecule has 4 rings (SSSR count). The minimum atomic E-state index is 0.600. The molecule has 0 saturated heterocycles. The van der Waals surface area contributed by atoms with E-state index < -0.39 is 0 Å². The van der Waals surface area contributed by atoms with Crippen LogP contribution in [0.4, 0.5) is 0 Å². The van der Waals surface area contributed by atoms with Gasteiger partial charge in [0.1, 0.15) is 10.7 Å². The van der Waals surface area contributed by atoms with Crippen LogP contribution in [0, 0.1) is 0 Å². The molecular formula is C20H15N5S. The molecule has 6 heteroatoms. The van der Waals surface area contributed by atoms with Crippen LogP contribution in [0.2, 0.25) is 0 Å². The summed E-state index contributed by atoms with van der Waals surface area (Å²) in [6, 6.07) is 11.5. The zero-order chi connectivity index (χ0) is 17.9. The lowest BCUT2D eigenvalue weighted by molar-refractivity contribution is 1.14. The van der Waals surface area contributed by atoms with Crippen molar-refractivity contribution in [3.8, 4) is 32.7 Å². The van der Waals surface area contributed by atoms with E-state index in [1.165, 1.54) is 0 Å². The number of aromatic nitrogens is 5. The predicted octanol–water partition coefficient (Wildman–Crippen LogP) is 4.76. The van der Waals surface area contributed by atoms with E-state index >= 15 is 0 Å². The van der Waals surface area contributed by atoms with Crippen molar-refractivity contribution in [2.45, 2.75) is 6.92 Å². The van der Waals surface area contributed by atoms with Crippen LogP contribution in [0.5, 0.6) is 0 Å². The molecule has 0 spiro atoms. The minimum Gasteiger partial charge on any atom is -0.264 e. The predicted molar refractivity (Wildman–Crippen MR) is 104 cm³/mol. The summed E-state index contributed by atoms with van der Waals surface area (Å²) in [5.74, 6) is 0.600. The highest BCUT2D eigenvalue weighted by molar-refractivity contribution is 7.18. The summed E-state index contributed by atoms with van der Waals surface area (Å²) < 4.78 is 0. The molecule has 126 valence electrons. The van der Waals surface area contributed by atoms with Crippen molar-refractivity contribution in [2.24, 2.45) is 0 Å². The van der Waals surface area contributed by atoms with Gasteiger partial charge in [-0.05, 0) is 42.8 Å². The van der Waals surface area contributed by atoms with Crippen LogP contribution in [-0.4, -0.2) is 24.9 Å². The largest absolute Gasteiger partial charge is 0.264 e. The fourth-order valence-corrected chi connectivity index (χ4v) is 3.62. The molecule has 0 aliphatic carbocycles. The van der Waals surface area contributed by atoms with Gasteiger partial charge in [-0.3, -0.25) is 4.98 Å². The van der Waals surface area contributed by atoms with Gasteiger partial charge in [0.15, 0.2) is 5.82 Å².